The number of nitrogens with zero attached hydrogens (tertiary/aromatic N) is 4. The molecule has 0 unspecified atom stereocenters. The van der Waals surface area contributed by atoms with E-state index in [1.807, 2.05) is 0 Å². The fraction of sp³-hybridized carbons (Fsp3) is 0.222. The molecule has 0 aliphatic rings. The molecule has 2 aromatic heterocycles. The zero-order valence-electron chi connectivity index (χ0n) is 9.05. The number of pyridine rings is 1. The molecular formula is C9H7F3N4OS. The molecule has 0 saturated heterocycles. The van der Waals surface area contributed by atoms with Crippen molar-refractivity contribution in [2.24, 2.45) is 0 Å². The molecule has 0 radical (unpaired) electrons. The van der Waals surface area contributed by atoms with E-state index in [1.54, 1.807) is 0 Å². The lowest BCUT2D eigenvalue weighted by atomic mass is 10.3. The van der Waals surface area contributed by atoms with Crippen LogP contribution in [0, 0.1) is 0 Å². The zero-order chi connectivity index (χ0) is 13.3. The largest absolute Gasteiger partial charge is 0.417 e. The molecule has 0 saturated carbocycles. The van der Waals surface area contributed by atoms with Crippen LogP contribution in [0.5, 0.6) is 0 Å². The molecule has 0 aromatic carbocycles. The Morgan fingerprint density at radius 1 is 1.33 bits per heavy atom. The summed E-state index contributed by atoms with van der Waals surface area (Å²) in [6.07, 6.45) is -1.09. The highest BCUT2D eigenvalue weighted by Crippen LogP contribution is 2.28. The monoisotopic (exact) mass is 276 g/mol. The summed E-state index contributed by atoms with van der Waals surface area (Å²) in [7, 11) is -1.41. The van der Waals surface area contributed by atoms with E-state index in [9.17, 15) is 17.4 Å². The number of halogens is 3. The highest BCUT2D eigenvalue weighted by atomic mass is 32.2. The highest BCUT2D eigenvalue weighted by Gasteiger charge is 2.30. The van der Waals surface area contributed by atoms with Gasteiger partial charge in [-0.05, 0) is 12.1 Å². The van der Waals surface area contributed by atoms with Crippen molar-refractivity contribution in [3.63, 3.8) is 0 Å². The predicted molar refractivity (Wildman–Crippen MR) is 56.5 cm³/mol. The molecule has 0 aliphatic carbocycles. The second kappa shape index (κ2) is 4.48. The standard InChI is InChI=1S/C9H7F3N4OS/c1-18(17)8-15-14-5-16(8)7-3-2-6(4-13-7)9(10,11)12/h2-5H,1H3/t18-/m0/s1. The van der Waals surface area contributed by atoms with E-state index in [0.717, 1.165) is 6.07 Å². The van der Waals surface area contributed by atoms with Gasteiger partial charge >= 0.3 is 6.18 Å². The molecule has 0 bridgehead atoms. The van der Waals surface area contributed by atoms with Gasteiger partial charge in [-0.1, -0.05) is 0 Å². The Morgan fingerprint density at radius 2 is 2.06 bits per heavy atom. The lowest BCUT2D eigenvalue weighted by Gasteiger charge is -2.07. The summed E-state index contributed by atoms with van der Waals surface area (Å²) in [4.78, 5) is 3.66. The third-order valence-corrected chi connectivity index (χ3v) is 2.89. The van der Waals surface area contributed by atoms with Gasteiger partial charge < -0.3 is 0 Å². The first-order valence-electron chi connectivity index (χ1n) is 4.66. The van der Waals surface area contributed by atoms with Crippen LogP contribution >= 0.6 is 0 Å². The van der Waals surface area contributed by atoms with E-state index in [1.165, 1.54) is 23.2 Å². The molecule has 9 heteroatoms. The maximum absolute atomic E-state index is 12.3. The summed E-state index contributed by atoms with van der Waals surface area (Å²) in [5, 5.41) is 7.29. The Labute approximate surface area is 102 Å². The molecule has 0 spiro atoms. The van der Waals surface area contributed by atoms with Crippen molar-refractivity contribution >= 4 is 10.8 Å². The molecule has 2 heterocycles. The summed E-state index contributed by atoms with van der Waals surface area (Å²) in [6.45, 7) is 0. The van der Waals surface area contributed by atoms with Crippen LogP contribution in [0.2, 0.25) is 0 Å². The van der Waals surface area contributed by atoms with Crippen LogP contribution in [-0.4, -0.2) is 30.2 Å². The Balaban J connectivity index is 2.41. The Hall–Kier alpha value is -1.77. The summed E-state index contributed by atoms with van der Waals surface area (Å²) in [5.41, 5.74) is -0.849. The fourth-order valence-corrected chi connectivity index (χ4v) is 1.85. The molecule has 18 heavy (non-hydrogen) atoms. The molecule has 0 N–H and O–H groups in total. The molecule has 0 aliphatic heterocycles. The molecule has 0 amide bonds. The van der Waals surface area contributed by atoms with Crippen molar-refractivity contribution in [1.82, 2.24) is 19.7 Å². The average molecular weight is 276 g/mol. The summed E-state index contributed by atoms with van der Waals surface area (Å²) < 4.78 is 49.6. The molecule has 96 valence electrons. The van der Waals surface area contributed by atoms with Crippen molar-refractivity contribution in [3.8, 4) is 5.82 Å². The van der Waals surface area contributed by atoms with Gasteiger partial charge in [0.2, 0.25) is 5.16 Å². The van der Waals surface area contributed by atoms with Crippen molar-refractivity contribution in [2.75, 3.05) is 6.26 Å². The Bertz CT molecular complexity index is 578. The van der Waals surface area contributed by atoms with Crippen LogP contribution in [0.4, 0.5) is 13.2 Å². The molecule has 1 atom stereocenters. The van der Waals surface area contributed by atoms with E-state index < -0.39 is 22.5 Å². The lowest BCUT2D eigenvalue weighted by Crippen LogP contribution is -2.08. The lowest BCUT2D eigenvalue weighted by molar-refractivity contribution is -0.137. The van der Waals surface area contributed by atoms with Crippen LogP contribution in [0.15, 0.2) is 29.8 Å². The molecular weight excluding hydrogens is 269 g/mol. The topological polar surface area (TPSA) is 60.7 Å². The molecule has 2 rings (SSSR count). The van der Waals surface area contributed by atoms with Gasteiger partial charge in [0.05, 0.1) is 16.4 Å². The first-order valence-corrected chi connectivity index (χ1v) is 6.22. The second-order valence-electron chi connectivity index (χ2n) is 3.34. The van der Waals surface area contributed by atoms with E-state index >= 15 is 0 Å². The quantitative estimate of drug-likeness (QED) is 0.832. The van der Waals surface area contributed by atoms with E-state index in [2.05, 4.69) is 15.2 Å². The minimum atomic E-state index is -4.44. The molecule has 5 nitrogen and oxygen atoms in total. The average Bonchev–Trinajstić information content (AvgIpc) is 2.77. The molecule has 2 aromatic rings. The number of hydrogen-bond donors (Lipinski definition) is 0. The third-order valence-electron chi connectivity index (χ3n) is 2.10. The summed E-state index contributed by atoms with van der Waals surface area (Å²) in [5.74, 6) is 0.179. The van der Waals surface area contributed by atoms with E-state index in [4.69, 9.17) is 0 Å². The minimum absolute atomic E-state index is 0.127. The van der Waals surface area contributed by atoms with Crippen LogP contribution in [0.25, 0.3) is 5.82 Å². The maximum Gasteiger partial charge on any atom is 0.417 e. The number of rotatable bonds is 2. The normalized spacial score (nSPS) is 13.6. The zero-order valence-corrected chi connectivity index (χ0v) is 9.87. The minimum Gasteiger partial charge on any atom is -0.258 e. The SMILES string of the molecule is C[S@](=O)c1nncn1-c1ccc(C(F)(F)F)cn1. The van der Waals surface area contributed by atoms with Gasteiger partial charge in [-0.15, -0.1) is 10.2 Å². The highest BCUT2D eigenvalue weighted by molar-refractivity contribution is 7.84. The van der Waals surface area contributed by atoms with Crippen LogP contribution in [0.1, 0.15) is 5.56 Å². The van der Waals surface area contributed by atoms with E-state index in [-0.39, 0.29) is 11.0 Å². The van der Waals surface area contributed by atoms with Gasteiger partial charge in [0.15, 0.2) is 0 Å². The predicted octanol–water partition coefficient (Wildman–Crippen LogP) is 1.42. The van der Waals surface area contributed by atoms with E-state index in [0.29, 0.717) is 6.20 Å². The maximum atomic E-state index is 12.3. The van der Waals surface area contributed by atoms with Crippen molar-refractivity contribution in [1.29, 1.82) is 0 Å². The number of hydrogen-bond acceptors (Lipinski definition) is 4. The Kier molecular flexibility index (Phi) is 3.16. The van der Waals surface area contributed by atoms with Gasteiger partial charge in [-0.2, -0.15) is 13.2 Å². The first-order chi connectivity index (χ1) is 8.39. The fourth-order valence-electron chi connectivity index (χ4n) is 1.27. The van der Waals surface area contributed by atoms with Gasteiger partial charge in [0.1, 0.15) is 12.1 Å². The van der Waals surface area contributed by atoms with Crippen LogP contribution < -0.4 is 0 Å². The number of aromatic nitrogens is 4. The summed E-state index contributed by atoms with van der Waals surface area (Å²) >= 11 is 0. The van der Waals surface area contributed by atoms with Crippen molar-refractivity contribution in [3.05, 3.63) is 30.2 Å². The number of alkyl halides is 3. The second-order valence-corrected chi connectivity index (χ2v) is 4.61. The van der Waals surface area contributed by atoms with Crippen molar-refractivity contribution < 1.29 is 17.4 Å². The first kappa shape index (κ1) is 12.7. The smallest absolute Gasteiger partial charge is 0.258 e. The van der Waals surface area contributed by atoms with Crippen LogP contribution in [-0.2, 0) is 17.0 Å². The van der Waals surface area contributed by atoms with Gasteiger partial charge in [0, 0.05) is 12.5 Å². The van der Waals surface area contributed by atoms with Crippen molar-refractivity contribution in [2.45, 2.75) is 11.3 Å². The Morgan fingerprint density at radius 3 is 2.56 bits per heavy atom. The third kappa shape index (κ3) is 2.40. The van der Waals surface area contributed by atoms with Gasteiger partial charge in [-0.3, -0.25) is 8.78 Å². The summed E-state index contributed by atoms with van der Waals surface area (Å²) in [6, 6.07) is 2.06. The van der Waals surface area contributed by atoms with Crippen LogP contribution in [0.3, 0.4) is 0 Å². The van der Waals surface area contributed by atoms with Gasteiger partial charge in [-0.25, -0.2) is 4.98 Å². The molecule has 0 fully saturated rings. The van der Waals surface area contributed by atoms with Gasteiger partial charge in [0.25, 0.3) is 0 Å².